The average Bonchev–Trinajstić information content (AvgIpc) is 2.21. The number of amides is 1. The minimum Gasteiger partial charge on any atom is -0.476 e. The summed E-state index contributed by atoms with van der Waals surface area (Å²) >= 11 is 11.6. The SMILES string of the molecule is CC(C)(Oc1ccc(Cl)cc1Cl)C(=O)NN. The lowest BCUT2D eigenvalue weighted by Crippen LogP contribution is -2.49. The van der Waals surface area contributed by atoms with E-state index in [9.17, 15) is 4.79 Å². The number of hydrogen-bond acceptors (Lipinski definition) is 3. The van der Waals surface area contributed by atoms with Gasteiger partial charge >= 0.3 is 0 Å². The van der Waals surface area contributed by atoms with E-state index >= 15 is 0 Å². The highest BCUT2D eigenvalue weighted by Gasteiger charge is 2.29. The van der Waals surface area contributed by atoms with Gasteiger partial charge in [-0.1, -0.05) is 23.2 Å². The molecule has 4 nitrogen and oxygen atoms in total. The minimum atomic E-state index is -1.10. The lowest BCUT2D eigenvalue weighted by Gasteiger charge is -2.24. The molecule has 16 heavy (non-hydrogen) atoms. The van der Waals surface area contributed by atoms with Gasteiger partial charge in [0.25, 0.3) is 5.91 Å². The zero-order valence-electron chi connectivity index (χ0n) is 8.88. The van der Waals surface area contributed by atoms with E-state index in [2.05, 4.69) is 0 Å². The second kappa shape index (κ2) is 4.91. The molecule has 0 heterocycles. The number of carbonyl (C=O) groups is 1. The van der Waals surface area contributed by atoms with Crippen molar-refractivity contribution in [3.63, 3.8) is 0 Å². The third kappa shape index (κ3) is 3.01. The fraction of sp³-hybridized carbons (Fsp3) is 0.300. The van der Waals surface area contributed by atoms with E-state index in [-0.39, 0.29) is 0 Å². The monoisotopic (exact) mass is 262 g/mol. The van der Waals surface area contributed by atoms with Crippen molar-refractivity contribution in [2.45, 2.75) is 19.4 Å². The number of nitrogens with one attached hydrogen (secondary N) is 1. The Balaban J connectivity index is 2.92. The third-order valence-electron chi connectivity index (χ3n) is 1.94. The van der Waals surface area contributed by atoms with Crippen LogP contribution in [0, 0.1) is 0 Å². The number of hydrazine groups is 1. The Morgan fingerprint density at radius 1 is 1.44 bits per heavy atom. The summed E-state index contributed by atoms with van der Waals surface area (Å²) in [6.45, 7) is 3.17. The van der Waals surface area contributed by atoms with Crippen LogP contribution in [0.1, 0.15) is 13.8 Å². The van der Waals surface area contributed by atoms with Crippen LogP contribution in [0.3, 0.4) is 0 Å². The highest BCUT2D eigenvalue weighted by atomic mass is 35.5. The molecule has 6 heteroatoms. The Labute approximate surface area is 104 Å². The topological polar surface area (TPSA) is 64.3 Å². The third-order valence-corrected chi connectivity index (χ3v) is 2.47. The minimum absolute atomic E-state index is 0.338. The largest absolute Gasteiger partial charge is 0.476 e. The van der Waals surface area contributed by atoms with Crippen molar-refractivity contribution in [1.82, 2.24) is 5.43 Å². The van der Waals surface area contributed by atoms with Gasteiger partial charge in [0.2, 0.25) is 0 Å². The van der Waals surface area contributed by atoms with Gasteiger partial charge in [0.15, 0.2) is 5.60 Å². The van der Waals surface area contributed by atoms with Crippen LogP contribution in [0.2, 0.25) is 10.0 Å². The highest BCUT2D eigenvalue weighted by molar-refractivity contribution is 6.35. The number of benzene rings is 1. The molecule has 1 aromatic rings. The Hall–Kier alpha value is -0.970. The molecular weight excluding hydrogens is 251 g/mol. The second-order valence-electron chi connectivity index (χ2n) is 3.66. The summed E-state index contributed by atoms with van der Waals surface area (Å²) in [5.74, 6) is 4.97. The number of nitrogens with two attached hydrogens (primary N) is 1. The average molecular weight is 263 g/mol. The summed E-state index contributed by atoms with van der Waals surface area (Å²) in [7, 11) is 0. The molecule has 88 valence electrons. The molecule has 1 amide bonds. The fourth-order valence-corrected chi connectivity index (χ4v) is 1.50. The van der Waals surface area contributed by atoms with Crippen molar-refractivity contribution in [2.24, 2.45) is 5.84 Å². The van der Waals surface area contributed by atoms with E-state index in [0.29, 0.717) is 15.8 Å². The van der Waals surface area contributed by atoms with Crippen molar-refractivity contribution >= 4 is 29.1 Å². The van der Waals surface area contributed by atoms with Crippen LogP contribution >= 0.6 is 23.2 Å². The smallest absolute Gasteiger partial charge is 0.277 e. The zero-order valence-corrected chi connectivity index (χ0v) is 10.4. The van der Waals surface area contributed by atoms with Crippen LogP contribution < -0.4 is 16.0 Å². The highest BCUT2D eigenvalue weighted by Crippen LogP contribution is 2.30. The number of carbonyl (C=O) groups excluding carboxylic acids is 1. The van der Waals surface area contributed by atoms with Crippen molar-refractivity contribution in [3.05, 3.63) is 28.2 Å². The van der Waals surface area contributed by atoms with Crippen LogP contribution in [0.15, 0.2) is 18.2 Å². The molecule has 0 unspecified atom stereocenters. The van der Waals surface area contributed by atoms with Gasteiger partial charge in [0.1, 0.15) is 5.75 Å². The molecule has 0 aromatic heterocycles. The molecular formula is C10H12Cl2N2O2. The molecule has 0 aliphatic rings. The first kappa shape index (κ1) is 13.1. The maximum atomic E-state index is 11.4. The van der Waals surface area contributed by atoms with Crippen LogP contribution in [0.25, 0.3) is 0 Å². The molecule has 0 aliphatic carbocycles. The summed E-state index contributed by atoms with van der Waals surface area (Å²) in [4.78, 5) is 11.4. The summed E-state index contributed by atoms with van der Waals surface area (Å²) in [5, 5.41) is 0.837. The summed E-state index contributed by atoms with van der Waals surface area (Å²) in [5.41, 5.74) is 0.918. The van der Waals surface area contributed by atoms with Gasteiger partial charge < -0.3 is 4.74 Å². The zero-order chi connectivity index (χ0) is 12.3. The van der Waals surface area contributed by atoms with Crippen molar-refractivity contribution in [2.75, 3.05) is 0 Å². The van der Waals surface area contributed by atoms with Crippen LogP contribution in [0.4, 0.5) is 0 Å². The van der Waals surface area contributed by atoms with Crippen LogP contribution in [-0.4, -0.2) is 11.5 Å². The standard InChI is InChI=1S/C10H12Cl2N2O2/c1-10(2,9(15)14-13)16-8-4-3-6(11)5-7(8)12/h3-5H,13H2,1-2H3,(H,14,15). The molecule has 0 aliphatic heterocycles. The number of ether oxygens (including phenoxy) is 1. The summed E-state index contributed by atoms with van der Waals surface area (Å²) in [6, 6.07) is 4.75. The number of rotatable bonds is 3. The van der Waals surface area contributed by atoms with E-state index in [4.69, 9.17) is 33.8 Å². The Kier molecular flexibility index (Phi) is 4.02. The van der Waals surface area contributed by atoms with E-state index in [1.165, 1.54) is 6.07 Å². The molecule has 3 N–H and O–H groups in total. The molecule has 1 rings (SSSR count). The van der Waals surface area contributed by atoms with Crippen LogP contribution in [-0.2, 0) is 4.79 Å². The van der Waals surface area contributed by atoms with Gasteiger partial charge in [-0.3, -0.25) is 10.2 Å². The first-order valence-electron chi connectivity index (χ1n) is 4.52. The fourth-order valence-electron chi connectivity index (χ4n) is 1.05. The molecule has 0 fully saturated rings. The first-order chi connectivity index (χ1) is 7.36. The van der Waals surface area contributed by atoms with Gasteiger partial charge in [-0.05, 0) is 32.0 Å². The Bertz CT molecular complexity index is 408. The predicted molar refractivity (Wildman–Crippen MR) is 63.5 cm³/mol. The van der Waals surface area contributed by atoms with Gasteiger partial charge in [0.05, 0.1) is 5.02 Å². The van der Waals surface area contributed by atoms with Gasteiger partial charge in [0, 0.05) is 5.02 Å². The molecule has 0 spiro atoms. The van der Waals surface area contributed by atoms with E-state index < -0.39 is 11.5 Å². The Morgan fingerprint density at radius 3 is 2.56 bits per heavy atom. The normalized spacial score (nSPS) is 11.1. The number of hydrogen-bond donors (Lipinski definition) is 2. The summed E-state index contributed by atoms with van der Waals surface area (Å²) in [6.07, 6.45) is 0. The second-order valence-corrected chi connectivity index (χ2v) is 4.50. The molecule has 0 saturated heterocycles. The van der Waals surface area contributed by atoms with Crippen molar-refractivity contribution in [3.8, 4) is 5.75 Å². The van der Waals surface area contributed by atoms with Crippen molar-refractivity contribution in [1.29, 1.82) is 0 Å². The molecule has 0 atom stereocenters. The molecule has 0 radical (unpaired) electrons. The first-order valence-corrected chi connectivity index (χ1v) is 5.27. The van der Waals surface area contributed by atoms with Gasteiger partial charge in [-0.2, -0.15) is 0 Å². The quantitative estimate of drug-likeness (QED) is 0.499. The Morgan fingerprint density at radius 2 is 2.06 bits per heavy atom. The maximum absolute atomic E-state index is 11.4. The molecule has 0 bridgehead atoms. The van der Waals surface area contributed by atoms with Crippen LogP contribution in [0.5, 0.6) is 5.75 Å². The van der Waals surface area contributed by atoms with E-state index in [0.717, 1.165) is 0 Å². The molecule has 1 aromatic carbocycles. The van der Waals surface area contributed by atoms with E-state index in [1.54, 1.807) is 26.0 Å². The van der Waals surface area contributed by atoms with Gasteiger partial charge in [-0.25, -0.2) is 5.84 Å². The predicted octanol–water partition coefficient (Wildman–Crippen LogP) is 2.14. The lowest BCUT2D eigenvalue weighted by atomic mass is 10.1. The maximum Gasteiger partial charge on any atom is 0.277 e. The van der Waals surface area contributed by atoms with Gasteiger partial charge in [-0.15, -0.1) is 0 Å². The lowest BCUT2D eigenvalue weighted by molar-refractivity contribution is -0.134. The van der Waals surface area contributed by atoms with Crippen molar-refractivity contribution < 1.29 is 9.53 Å². The molecule has 0 saturated carbocycles. The number of halogens is 2. The summed E-state index contributed by atoms with van der Waals surface area (Å²) < 4.78 is 5.46. The van der Waals surface area contributed by atoms with E-state index in [1.807, 2.05) is 5.43 Å².